The number of rotatable bonds is 13. The molecule has 224 valence electrons. The van der Waals surface area contributed by atoms with Crippen molar-refractivity contribution in [1.29, 1.82) is 0 Å². The van der Waals surface area contributed by atoms with Crippen LogP contribution in [0.4, 0.5) is 0 Å². The molecule has 0 aromatic heterocycles. The summed E-state index contributed by atoms with van der Waals surface area (Å²) in [6.07, 6.45) is 0. The fourth-order valence-corrected chi connectivity index (χ4v) is 5.43. The third kappa shape index (κ3) is 5.43. The fraction of sp³-hybridized carbons (Fsp3) is 0.267. The summed E-state index contributed by atoms with van der Waals surface area (Å²) >= 11 is 0. The number of carbonyl (C=O) groups excluding carboxylic acids is 3. The number of carbonyl (C=O) groups is 4. The smallest absolute Gasteiger partial charge is 0.340 e. The van der Waals surface area contributed by atoms with Crippen molar-refractivity contribution in [1.82, 2.24) is 9.80 Å². The molecule has 3 aromatic carbocycles. The third-order valence-electron chi connectivity index (χ3n) is 7.36. The van der Waals surface area contributed by atoms with E-state index in [4.69, 9.17) is 18.9 Å². The van der Waals surface area contributed by atoms with Crippen LogP contribution in [0, 0.1) is 0 Å². The molecule has 3 aromatic rings. The van der Waals surface area contributed by atoms with E-state index < -0.39 is 17.5 Å². The van der Waals surface area contributed by atoms with Crippen molar-refractivity contribution < 1.29 is 53.4 Å². The van der Waals surface area contributed by atoms with Crippen molar-refractivity contribution >= 4 is 24.9 Å². The lowest BCUT2D eigenvalue weighted by Gasteiger charge is -2.37. The number of benzene rings is 3. The maximum absolute atomic E-state index is 13.3. The van der Waals surface area contributed by atoms with Crippen molar-refractivity contribution in [2.45, 2.75) is 25.6 Å². The Morgan fingerprint density at radius 1 is 0.884 bits per heavy atom. The lowest BCUT2D eigenvalue weighted by atomic mass is 9.76. The number of fused-ring (bicyclic) bond motifs is 6. The second-order valence-electron chi connectivity index (χ2n) is 9.98. The van der Waals surface area contributed by atoms with Crippen LogP contribution >= 0.6 is 0 Å². The highest BCUT2D eigenvalue weighted by molar-refractivity contribution is 5.97. The van der Waals surface area contributed by atoms with Gasteiger partial charge in [0.05, 0.1) is 12.1 Å². The molecule has 13 nitrogen and oxygen atoms in total. The van der Waals surface area contributed by atoms with Crippen LogP contribution in [0.25, 0.3) is 0 Å². The van der Waals surface area contributed by atoms with Crippen molar-refractivity contribution in [3.05, 3.63) is 81.9 Å². The lowest BCUT2D eigenvalue weighted by Crippen LogP contribution is -2.34. The second-order valence-corrected chi connectivity index (χ2v) is 9.98. The van der Waals surface area contributed by atoms with Crippen molar-refractivity contribution in [2.75, 3.05) is 26.6 Å². The number of nitrogens with zero attached hydrogens (tertiary/aromatic N) is 2. The van der Waals surface area contributed by atoms with E-state index in [-0.39, 0.29) is 69.0 Å². The number of likely N-dealkylation sites (N-methyl/N-ethyl adjacent to an activating group) is 1. The quantitative estimate of drug-likeness (QED) is 0.115. The highest BCUT2D eigenvalue weighted by Crippen LogP contribution is 2.58. The SMILES string of the molecule is CCN(CC(=O)O)Cc1cc2c(cc1O)Oc1cc(O)c(CN(COC=O)COC=O)cc1C21OC(=O)c2ccccc21. The molecule has 1 atom stereocenters. The number of aliphatic carboxylic acids is 1. The highest BCUT2D eigenvalue weighted by atomic mass is 16.6. The zero-order valence-corrected chi connectivity index (χ0v) is 23.0. The summed E-state index contributed by atoms with van der Waals surface area (Å²) in [4.78, 5) is 49.3. The molecular formula is C30H28N2O11. The Labute approximate surface area is 245 Å². The fourth-order valence-electron chi connectivity index (χ4n) is 5.43. The Bertz CT molecular complexity index is 1580. The van der Waals surface area contributed by atoms with Gasteiger partial charge in [-0.15, -0.1) is 0 Å². The van der Waals surface area contributed by atoms with Gasteiger partial charge in [0.25, 0.3) is 12.9 Å². The van der Waals surface area contributed by atoms with Gasteiger partial charge in [0.1, 0.15) is 36.5 Å². The molecule has 1 unspecified atom stereocenters. The van der Waals surface area contributed by atoms with Crippen LogP contribution in [0.3, 0.4) is 0 Å². The van der Waals surface area contributed by atoms with Gasteiger partial charge in [0, 0.05) is 53.0 Å². The van der Waals surface area contributed by atoms with Crippen LogP contribution < -0.4 is 4.74 Å². The van der Waals surface area contributed by atoms with E-state index in [9.17, 15) is 34.5 Å². The first kappa shape index (κ1) is 29.4. The van der Waals surface area contributed by atoms with Crippen LogP contribution in [0.15, 0.2) is 48.5 Å². The monoisotopic (exact) mass is 592 g/mol. The van der Waals surface area contributed by atoms with Crippen LogP contribution in [0.2, 0.25) is 0 Å². The molecule has 2 heterocycles. The Morgan fingerprint density at radius 2 is 1.44 bits per heavy atom. The standard InChI is InChI=1S/C30H28N2O11/c1-2-31(13-28(37)38)11-18-7-22-26(9-24(18)35)42-27-10-25(36)19(12-32(14-40-16-33)15-41-17-34)8-23(27)30(22)21-6-4-3-5-20(21)29(39)43-30/h3-10,16-17,35-36H,2,11-15H2,1H3,(H,37,38). The average Bonchev–Trinajstić information content (AvgIpc) is 3.28. The number of carboxylic acids is 1. The first-order valence-electron chi connectivity index (χ1n) is 13.2. The molecule has 0 aliphatic carbocycles. The maximum atomic E-state index is 13.3. The summed E-state index contributed by atoms with van der Waals surface area (Å²) in [5.41, 5.74) is 0.708. The van der Waals surface area contributed by atoms with Gasteiger partial charge in [-0.25, -0.2) is 9.69 Å². The molecular weight excluding hydrogens is 564 g/mol. The van der Waals surface area contributed by atoms with Gasteiger partial charge >= 0.3 is 11.9 Å². The minimum Gasteiger partial charge on any atom is -0.507 e. The van der Waals surface area contributed by atoms with Crippen molar-refractivity contribution in [3.63, 3.8) is 0 Å². The zero-order chi connectivity index (χ0) is 30.7. The molecule has 0 radical (unpaired) electrons. The molecule has 0 fully saturated rings. The second kappa shape index (κ2) is 12.0. The largest absolute Gasteiger partial charge is 0.507 e. The lowest BCUT2D eigenvalue weighted by molar-refractivity contribution is -0.142. The molecule has 1 spiro atoms. The summed E-state index contributed by atoms with van der Waals surface area (Å²) < 4.78 is 22.0. The summed E-state index contributed by atoms with van der Waals surface area (Å²) in [6, 6.07) is 12.8. The summed E-state index contributed by atoms with van der Waals surface area (Å²) in [7, 11) is 0. The van der Waals surface area contributed by atoms with E-state index in [0.29, 0.717) is 39.9 Å². The number of hydrogen-bond donors (Lipinski definition) is 3. The highest BCUT2D eigenvalue weighted by Gasteiger charge is 2.54. The Hall–Kier alpha value is -5.14. The van der Waals surface area contributed by atoms with Gasteiger partial charge in [-0.2, -0.15) is 0 Å². The topological polar surface area (TPSA) is 172 Å². The normalized spacial score (nSPS) is 16.2. The summed E-state index contributed by atoms with van der Waals surface area (Å²) in [5, 5.41) is 31.2. The minimum atomic E-state index is -1.56. The molecule has 2 aliphatic heterocycles. The van der Waals surface area contributed by atoms with Crippen molar-refractivity contribution in [2.24, 2.45) is 0 Å². The van der Waals surface area contributed by atoms with Gasteiger partial charge in [-0.3, -0.25) is 19.3 Å². The molecule has 3 N–H and O–H groups in total. The molecule has 5 rings (SSSR count). The van der Waals surface area contributed by atoms with Crippen LogP contribution in [0.1, 0.15) is 45.1 Å². The van der Waals surface area contributed by atoms with E-state index >= 15 is 0 Å². The molecule has 43 heavy (non-hydrogen) atoms. The number of carboxylic acid groups (broad SMARTS) is 1. The van der Waals surface area contributed by atoms with E-state index in [0.717, 1.165) is 0 Å². The first-order chi connectivity index (χ1) is 20.7. The van der Waals surface area contributed by atoms with E-state index in [1.54, 1.807) is 48.2 Å². The average molecular weight is 593 g/mol. The molecule has 13 heteroatoms. The number of phenolic OH excluding ortho intramolecular Hbond substituents is 2. The molecule has 0 saturated heterocycles. The van der Waals surface area contributed by atoms with Crippen LogP contribution in [-0.2, 0) is 47.3 Å². The number of esters is 1. The van der Waals surface area contributed by atoms with Gasteiger partial charge in [0.2, 0.25) is 0 Å². The van der Waals surface area contributed by atoms with E-state index in [1.165, 1.54) is 17.0 Å². The number of phenols is 2. The molecule has 0 amide bonds. The first-order valence-corrected chi connectivity index (χ1v) is 13.2. The van der Waals surface area contributed by atoms with Gasteiger partial charge < -0.3 is 34.3 Å². The van der Waals surface area contributed by atoms with Gasteiger partial charge in [-0.05, 0) is 24.7 Å². The number of hydrogen-bond acceptors (Lipinski definition) is 12. The molecule has 2 aliphatic rings. The Kier molecular flexibility index (Phi) is 8.19. The molecule has 0 bridgehead atoms. The predicted octanol–water partition coefficient (Wildman–Crippen LogP) is 2.64. The summed E-state index contributed by atoms with van der Waals surface area (Å²) in [5.74, 6) is -1.64. The van der Waals surface area contributed by atoms with E-state index in [1.807, 2.05) is 0 Å². The number of ether oxygens (including phenoxy) is 4. The van der Waals surface area contributed by atoms with Crippen LogP contribution in [-0.4, -0.2) is 76.6 Å². The number of aromatic hydroxyl groups is 2. The van der Waals surface area contributed by atoms with Crippen molar-refractivity contribution in [3.8, 4) is 23.0 Å². The van der Waals surface area contributed by atoms with Gasteiger partial charge in [0.15, 0.2) is 5.60 Å². The maximum Gasteiger partial charge on any atom is 0.340 e. The predicted molar refractivity (Wildman–Crippen MR) is 146 cm³/mol. The zero-order valence-electron chi connectivity index (χ0n) is 23.0. The van der Waals surface area contributed by atoms with Gasteiger partial charge in [-0.1, -0.05) is 25.1 Å². The summed E-state index contributed by atoms with van der Waals surface area (Å²) in [6.45, 7) is 1.96. The Morgan fingerprint density at radius 3 is 1.98 bits per heavy atom. The third-order valence-corrected chi connectivity index (χ3v) is 7.36. The Balaban J connectivity index is 1.67. The van der Waals surface area contributed by atoms with Crippen LogP contribution in [0.5, 0.6) is 23.0 Å². The minimum absolute atomic E-state index is 0.0409. The molecule has 0 saturated carbocycles. The van der Waals surface area contributed by atoms with E-state index in [2.05, 4.69) is 0 Å².